The maximum Gasteiger partial charge on any atom is 0.426 e. The summed E-state index contributed by atoms with van der Waals surface area (Å²) in [6.45, 7) is 6.53. The highest BCUT2D eigenvalue weighted by Crippen LogP contribution is 2.46. The highest BCUT2D eigenvalue weighted by atomic mass is 19.4. The van der Waals surface area contributed by atoms with Crippen LogP contribution in [0.5, 0.6) is 5.75 Å². The van der Waals surface area contributed by atoms with E-state index in [0.29, 0.717) is 5.69 Å². The standard InChI is InChI=1S/C27H27F3N8O3/c1-3-10-37-24(39)19-15-31-25(32-17-4-6-18(7-5-17)36-13-11-35(2)12-14-36)34-23(19)38(37)21-9-8-20-22(33-21)26(40,16-41-20)27(28,29)30/h3-9,15,40H,1,10-14,16H2,2H3,(H,31,32,34)/t26-/m1/s1. The van der Waals surface area contributed by atoms with Gasteiger partial charge in [0, 0.05) is 43.8 Å². The van der Waals surface area contributed by atoms with Crippen molar-refractivity contribution in [2.75, 3.05) is 50.1 Å². The van der Waals surface area contributed by atoms with Crippen molar-refractivity contribution < 1.29 is 23.0 Å². The Bertz CT molecular complexity index is 1680. The van der Waals surface area contributed by atoms with Crippen LogP contribution in [0.3, 0.4) is 0 Å². The minimum atomic E-state index is -5.03. The largest absolute Gasteiger partial charge is 0.488 e. The lowest BCUT2D eigenvalue weighted by atomic mass is 10.0. The summed E-state index contributed by atoms with van der Waals surface area (Å²) in [5.74, 6) is -0.0858. The molecule has 0 spiro atoms. The molecule has 2 aliphatic heterocycles. The van der Waals surface area contributed by atoms with E-state index in [1.54, 1.807) is 0 Å². The molecule has 1 aromatic carbocycles. The average Bonchev–Trinajstić information content (AvgIpc) is 3.44. The van der Waals surface area contributed by atoms with Crippen molar-refractivity contribution in [2.24, 2.45) is 0 Å². The van der Waals surface area contributed by atoms with Crippen molar-refractivity contribution in [2.45, 2.75) is 18.3 Å². The number of hydrogen-bond acceptors (Lipinski definition) is 9. The number of alkyl halides is 3. The molecule has 11 nitrogen and oxygen atoms in total. The summed E-state index contributed by atoms with van der Waals surface area (Å²) >= 11 is 0. The molecule has 41 heavy (non-hydrogen) atoms. The third-order valence-electron chi connectivity index (χ3n) is 7.33. The van der Waals surface area contributed by atoms with E-state index >= 15 is 0 Å². The van der Waals surface area contributed by atoms with Gasteiger partial charge in [-0.15, -0.1) is 6.58 Å². The third kappa shape index (κ3) is 4.58. The first kappa shape index (κ1) is 26.8. The first-order valence-corrected chi connectivity index (χ1v) is 12.9. The normalized spacial score (nSPS) is 19.3. The zero-order valence-electron chi connectivity index (χ0n) is 22.1. The van der Waals surface area contributed by atoms with Crippen LogP contribution < -0.4 is 20.5 Å². The van der Waals surface area contributed by atoms with Crippen LogP contribution in [0.1, 0.15) is 5.69 Å². The second-order valence-electron chi connectivity index (χ2n) is 10.0. The van der Waals surface area contributed by atoms with Crippen LogP contribution in [0.25, 0.3) is 16.9 Å². The summed E-state index contributed by atoms with van der Waals surface area (Å²) in [6.07, 6.45) is -2.21. The fraction of sp³-hybridized carbons (Fsp3) is 0.333. The van der Waals surface area contributed by atoms with E-state index in [9.17, 15) is 23.1 Å². The van der Waals surface area contributed by atoms with Gasteiger partial charge in [-0.05, 0) is 43.4 Å². The molecule has 0 bridgehead atoms. The molecule has 0 amide bonds. The lowest BCUT2D eigenvalue weighted by molar-refractivity contribution is -0.268. The highest BCUT2D eigenvalue weighted by Gasteiger charge is 2.61. The maximum absolute atomic E-state index is 13.7. The van der Waals surface area contributed by atoms with Crippen LogP contribution >= 0.6 is 0 Å². The van der Waals surface area contributed by atoms with Crippen LogP contribution in [0.15, 0.2) is 60.0 Å². The molecule has 5 heterocycles. The Hall–Kier alpha value is -4.43. The number of aliphatic hydroxyl groups is 1. The lowest BCUT2D eigenvalue weighted by Crippen LogP contribution is -2.44. The number of ether oxygens (including phenoxy) is 1. The molecule has 4 aromatic rings. The van der Waals surface area contributed by atoms with E-state index in [1.165, 1.54) is 33.8 Å². The second-order valence-corrected chi connectivity index (χ2v) is 10.0. The van der Waals surface area contributed by atoms with Crippen molar-refractivity contribution in [3.8, 4) is 11.6 Å². The fourth-order valence-corrected chi connectivity index (χ4v) is 4.99. The molecule has 0 unspecified atom stereocenters. The Labute approximate surface area is 232 Å². The van der Waals surface area contributed by atoms with Crippen LogP contribution in [0.4, 0.5) is 30.5 Å². The molecule has 2 aliphatic rings. The van der Waals surface area contributed by atoms with E-state index in [1.807, 2.05) is 24.3 Å². The summed E-state index contributed by atoms with van der Waals surface area (Å²) in [5.41, 5.74) is -2.53. The smallest absolute Gasteiger partial charge is 0.426 e. The minimum Gasteiger partial charge on any atom is -0.488 e. The number of pyridine rings is 1. The van der Waals surface area contributed by atoms with Crippen molar-refractivity contribution in [1.29, 1.82) is 0 Å². The minimum absolute atomic E-state index is 0.0184. The summed E-state index contributed by atoms with van der Waals surface area (Å²) in [6, 6.07) is 10.5. The van der Waals surface area contributed by atoms with Crippen molar-refractivity contribution in [3.05, 3.63) is 71.3 Å². The molecule has 1 atom stereocenters. The van der Waals surface area contributed by atoms with Crippen molar-refractivity contribution >= 4 is 28.4 Å². The number of hydrogen-bond donors (Lipinski definition) is 2. The Morgan fingerprint density at radius 1 is 1.12 bits per heavy atom. The number of benzene rings is 1. The van der Waals surface area contributed by atoms with Gasteiger partial charge in [-0.1, -0.05) is 6.08 Å². The summed E-state index contributed by atoms with van der Waals surface area (Å²) in [4.78, 5) is 30.7. The number of likely N-dealkylation sites (N-methyl/N-ethyl adjacent to an activating group) is 1. The quantitative estimate of drug-likeness (QED) is 0.339. The Kier molecular flexibility index (Phi) is 6.46. The molecule has 1 saturated heterocycles. The van der Waals surface area contributed by atoms with Gasteiger partial charge in [-0.2, -0.15) is 18.2 Å². The van der Waals surface area contributed by atoms with Gasteiger partial charge in [0.15, 0.2) is 11.5 Å². The third-order valence-corrected chi connectivity index (χ3v) is 7.33. The number of rotatable bonds is 6. The van der Waals surface area contributed by atoms with E-state index < -0.39 is 29.6 Å². The molecule has 3 aromatic heterocycles. The van der Waals surface area contributed by atoms with Crippen LogP contribution in [-0.2, 0) is 12.1 Å². The van der Waals surface area contributed by atoms with Gasteiger partial charge in [0.05, 0.1) is 6.54 Å². The summed E-state index contributed by atoms with van der Waals surface area (Å²) in [7, 11) is 2.10. The van der Waals surface area contributed by atoms with E-state index in [2.05, 4.69) is 43.7 Å². The summed E-state index contributed by atoms with van der Waals surface area (Å²) < 4.78 is 48.8. The van der Waals surface area contributed by atoms with Gasteiger partial charge < -0.3 is 25.0 Å². The number of allylic oxidation sites excluding steroid dienone is 1. The van der Waals surface area contributed by atoms with Gasteiger partial charge in [-0.3, -0.25) is 4.79 Å². The first-order valence-electron chi connectivity index (χ1n) is 12.9. The van der Waals surface area contributed by atoms with Gasteiger partial charge in [-0.25, -0.2) is 19.3 Å². The van der Waals surface area contributed by atoms with Crippen LogP contribution in [-0.4, -0.2) is 80.3 Å². The number of nitrogens with one attached hydrogen (secondary N) is 1. The van der Waals surface area contributed by atoms with E-state index in [-0.39, 0.29) is 35.1 Å². The molecular weight excluding hydrogens is 541 g/mol. The van der Waals surface area contributed by atoms with Gasteiger partial charge >= 0.3 is 6.18 Å². The first-order chi connectivity index (χ1) is 19.6. The zero-order valence-corrected chi connectivity index (χ0v) is 22.1. The molecule has 214 valence electrons. The Balaban J connectivity index is 1.37. The van der Waals surface area contributed by atoms with E-state index in [4.69, 9.17) is 4.74 Å². The van der Waals surface area contributed by atoms with Gasteiger partial charge in [0.2, 0.25) is 11.5 Å². The molecular formula is C27H27F3N8O3. The molecule has 6 rings (SSSR count). The average molecular weight is 569 g/mol. The van der Waals surface area contributed by atoms with E-state index in [0.717, 1.165) is 31.9 Å². The molecule has 0 radical (unpaired) electrons. The number of anilines is 3. The number of halogens is 3. The highest BCUT2D eigenvalue weighted by molar-refractivity contribution is 5.77. The lowest BCUT2D eigenvalue weighted by Gasteiger charge is -2.34. The monoisotopic (exact) mass is 568 g/mol. The molecule has 14 heteroatoms. The number of piperazine rings is 1. The molecule has 0 aliphatic carbocycles. The van der Waals surface area contributed by atoms with Gasteiger partial charge in [0.25, 0.3) is 5.56 Å². The van der Waals surface area contributed by atoms with Crippen molar-refractivity contribution in [3.63, 3.8) is 0 Å². The number of aromatic nitrogens is 5. The number of nitrogens with zero attached hydrogens (tertiary/aromatic N) is 7. The summed E-state index contributed by atoms with van der Waals surface area (Å²) in [5, 5.41) is 13.7. The maximum atomic E-state index is 13.7. The topological polar surface area (TPSA) is 114 Å². The fourth-order valence-electron chi connectivity index (χ4n) is 4.99. The molecule has 2 N–H and O–H groups in total. The number of fused-ring (bicyclic) bond motifs is 2. The second kappa shape index (κ2) is 9.89. The molecule has 1 fully saturated rings. The van der Waals surface area contributed by atoms with Crippen molar-refractivity contribution in [1.82, 2.24) is 29.2 Å². The van der Waals surface area contributed by atoms with Crippen LogP contribution in [0, 0.1) is 0 Å². The molecule has 0 saturated carbocycles. The zero-order chi connectivity index (χ0) is 28.9. The Morgan fingerprint density at radius 2 is 1.85 bits per heavy atom. The Morgan fingerprint density at radius 3 is 2.54 bits per heavy atom. The predicted octanol–water partition coefficient (Wildman–Crippen LogP) is 2.80. The SMILES string of the molecule is C=CCn1c(=O)c2cnc(Nc3ccc(N4CCN(C)CC4)cc3)nc2n1-c1ccc2c(n1)[C@@](O)(C(F)(F)F)CO2. The van der Waals surface area contributed by atoms with Crippen LogP contribution in [0.2, 0.25) is 0 Å². The predicted molar refractivity (Wildman–Crippen MR) is 146 cm³/mol. The van der Waals surface area contributed by atoms with Gasteiger partial charge in [0.1, 0.15) is 23.4 Å².